The van der Waals surface area contributed by atoms with Crippen LogP contribution in [0, 0.1) is 3.57 Å². The number of hydrogen-bond donors (Lipinski definition) is 1. The third-order valence-electron chi connectivity index (χ3n) is 4.78. The molecule has 1 saturated heterocycles. The summed E-state index contributed by atoms with van der Waals surface area (Å²) in [5, 5.41) is 3.54. The molecule has 1 N–H and O–H groups in total. The second kappa shape index (κ2) is 15.1. The maximum Gasteiger partial charge on any atom is 0.174 e. The van der Waals surface area contributed by atoms with Gasteiger partial charge in [-0.25, -0.2) is 0 Å². The molecular weight excluding hydrogens is 538 g/mol. The van der Waals surface area contributed by atoms with Crippen LogP contribution < -0.4 is 14.8 Å². The van der Waals surface area contributed by atoms with Crippen molar-refractivity contribution in [3.05, 3.63) is 57.2 Å². The van der Waals surface area contributed by atoms with Gasteiger partial charge in [0.05, 0.1) is 23.9 Å². The molecule has 0 radical (unpaired) electrons. The van der Waals surface area contributed by atoms with Gasteiger partial charge in [-0.05, 0) is 65.4 Å². The summed E-state index contributed by atoms with van der Waals surface area (Å²) >= 11 is 2.32. The first-order valence-corrected chi connectivity index (χ1v) is 10.9. The topological polar surface area (TPSA) is 43.0 Å². The molecule has 1 aliphatic rings. The highest BCUT2D eigenvalue weighted by Gasteiger charge is 2.12. The van der Waals surface area contributed by atoms with Crippen LogP contribution in [-0.2, 0) is 17.9 Å². The zero-order valence-corrected chi connectivity index (χ0v) is 21.1. The molecule has 1 fully saturated rings. The molecule has 0 aromatic heterocycles. The summed E-state index contributed by atoms with van der Waals surface area (Å²) in [4.78, 5) is 2.47. The van der Waals surface area contributed by atoms with Crippen molar-refractivity contribution in [1.29, 1.82) is 0 Å². The number of nitrogens with zero attached hydrogens (tertiary/aromatic N) is 1. The van der Waals surface area contributed by atoms with E-state index in [0.717, 1.165) is 73.0 Å². The van der Waals surface area contributed by atoms with Crippen molar-refractivity contribution in [3.8, 4) is 11.5 Å². The largest absolute Gasteiger partial charge is 0.493 e. The predicted octanol–water partition coefficient (Wildman–Crippen LogP) is 4.53. The first-order valence-electron chi connectivity index (χ1n) is 9.80. The molecule has 5 nitrogen and oxygen atoms in total. The van der Waals surface area contributed by atoms with Crippen molar-refractivity contribution in [1.82, 2.24) is 10.2 Å². The minimum atomic E-state index is 0. The van der Waals surface area contributed by atoms with E-state index < -0.39 is 0 Å². The Bertz CT molecular complexity index is 732. The lowest BCUT2D eigenvalue weighted by Crippen LogP contribution is -2.37. The maximum absolute atomic E-state index is 6.04. The number of hydrogen-bond acceptors (Lipinski definition) is 5. The third-order valence-corrected chi connectivity index (χ3v) is 5.58. The number of morpholine rings is 1. The van der Waals surface area contributed by atoms with E-state index in [-0.39, 0.29) is 24.8 Å². The molecule has 8 heteroatoms. The molecule has 0 amide bonds. The van der Waals surface area contributed by atoms with E-state index in [0.29, 0.717) is 6.61 Å². The molecular formula is C22H31Cl2IN2O3. The van der Waals surface area contributed by atoms with E-state index >= 15 is 0 Å². The molecule has 1 heterocycles. The molecule has 2 aromatic rings. The minimum absolute atomic E-state index is 0. The van der Waals surface area contributed by atoms with Crippen LogP contribution >= 0.6 is 47.4 Å². The van der Waals surface area contributed by atoms with Crippen LogP contribution in [-0.4, -0.2) is 51.4 Å². The number of ether oxygens (including phenoxy) is 3. The summed E-state index contributed by atoms with van der Waals surface area (Å²) in [6.45, 7) is 7.33. The van der Waals surface area contributed by atoms with Crippen LogP contribution in [0.25, 0.3) is 0 Å². The summed E-state index contributed by atoms with van der Waals surface area (Å²) in [5.74, 6) is 1.59. The summed E-state index contributed by atoms with van der Waals surface area (Å²) < 4.78 is 18.1. The Kier molecular flexibility index (Phi) is 13.7. The van der Waals surface area contributed by atoms with Crippen molar-refractivity contribution >= 4 is 47.4 Å². The molecule has 0 atom stereocenters. The number of benzene rings is 2. The van der Waals surface area contributed by atoms with Crippen molar-refractivity contribution < 1.29 is 14.2 Å². The molecule has 0 unspecified atom stereocenters. The van der Waals surface area contributed by atoms with Crippen molar-refractivity contribution in [3.63, 3.8) is 0 Å². The van der Waals surface area contributed by atoms with E-state index in [9.17, 15) is 0 Å². The van der Waals surface area contributed by atoms with Crippen molar-refractivity contribution in [2.45, 2.75) is 19.6 Å². The molecule has 168 valence electrons. The zero-order valence-electron chi connectivity index (χ0n) is 17.3. The maximum atomic E-state index is 6.04. The monoisotopic (exact) mass is 568 g/mol. The highest BCUT2D eigenvalue weighted by Crippen LogP contribution is 2.34. The number of rotatable bonds is 10. The van der Waals surface area contributed by atoms with Crippen molar-refractivity contribution in [2.24, 2.45) is 0 Å². The lowest BCUT2D eigenvalue weighted by Gasteiger charge is -2.26. The normalized spacial score (nSPS) is 13.8. The smallest absolute Gasteiger partial charge is 0.174 e. The van der Waals surface area contributed by atoms with Gasteiger partial charge < -0.3 is 19.5 Å². The van der Waals surface area contributed by atoms with Gasteiger partial charge in [0, 0.05) is 19.6 Å². The van der Waals surface area contributed by atoms with Gasteiger partial charge in [-0.3, -0.25) is 4.90 Å². The Balaban J connectivity index is 0.00000225. The van der Waals surface area contributed by atoms with Crippen LogP contribution in [0.4, 0.5) is 0 Å². The first-order chi connectivity index (χ1) is 13.8. The Morgan fingerprint density at radius 2 is 1.80 bits per heavy atom. The Morgan fingerprint density at radius 1 is 1.07 bits per heavy atom. The van der Waals surface area contributed by atoms with Gasteiger partial charge in [0.15, 0.2) is 11.5 Å². The second-order valence-corrected chi connectivity index (χ2v) is 8.03. The van der Waals surface area contributed by atoms with Gasteiger partial charge in [-0.1, -0.05) is 30.3 Å². The average molecular weight is 569 g/mol. The molecule has 3 rings (SSSR count). The lowest BCUT2D eigenvalue weighted by molar-refractivity contribution is 0.0374. The predicted molar refractivity (Wildman–Crippen MR) is 135 cm³/mol. The van der Waals surface area contributed by atoms with Crippen LogP contribution in [0.5, 0.6) is 11.5 Å². The summed E-state index contributed by atoms with van der Waals surface area (Å²) in [6.07, 6.45) is 1.15. The molecule has 1 aliphatic heterocycles. The molecule has 2 aromatic carbocycles. The second-order valence-electron chi connectivity index (χ2n) is 6.87. The Hall–Kier alpha value is -0.770. The highest BCUT2D eigenvalue weighted by atomic mass is 127. The quantitative estimate of drug-likeness (QED) is 0.337. The Labute approximate surface area is 205 Å². The highest BCUT2D eigenvalue weighted by molar-refractivity contribution is 14.1. The third kappa shape index (κ3) is 8.77. The molecule has 0 bridgehead atoms. The van der Waals surface area contributed by atoms with E-state index in [1.165, 1.54) is 5.56 Å². The molecule has 0 aliphatic carbocycles. The average Bonchev–Trinajstić information content (AvgIpc) is 2.74. The standard InChI is InChI=1S/C22H29IN2O3.2ClH/c1-26-21-15-19(16-24-8-5-9-25-10-12-27-13-11-25)14-20(23)22(21)28-17-18-6-3-2-4-7-18;;/h2-4,6-7,14-15,24H,5,8-13,16-17H2,1H3;2*1H. The molecule has 0 spiro atoms. The molecule has 0 saturated carbocycles. The van der Waals surface area contributed by atoms with E-state index in [1.54, 1.807) is 7.11 Å². The Morgan fingerprint density at radius 3 is 2.50 bits per heavy atom. The van der Waals surface area contributed by atoms with Gasteiger partial charge in [0.1, 0.15) is 6.61 Å². The summed E-state index contributed by atoms with van der Waals surface area (Å²) in [6, 6.07) is 14.4. The van der Waals surface area contributed by atoms with Crippen LogP contribution in [0.15, 0.2) is 42.5 Å². The first kappa shape index (κ1) is 27.3. The van der Waals surface area contributed by atoms with Gasteiger partial charge in [-0.15, -0.1) is 24.8 Å². The lowest BCUT2D eigenvalue weighted by atomic mass is 10.2. The summed E-state index contributed by atoms with van der Waals surface area (Å²) in [7, 11) is 1.69. The van der Waals surface area contributed by atoms with E-state index in [2.05, 4.69) is 57.1 Å². The fourth-order valence-corrected chi connectivity index (χ4v) is 4.05. The van der Waals surface area contributed by atoms with E-state index in [1.807, 2.05) is 18.2 Å². The number of nitrogens with one attached hydrogen (secondary N) is 1. The fourth-order valence-electron chi connectivity index (χ4n) is 3.23. The fraction of sp³-hybridized carbons (Fsp3) is 0.455. The number of methoxy groups -OCH3 is 1. The zero-order chi connectivity index (χ0) is 19.6. The van der Waals surface area contributed by atoms with Gasteiger partial charge in [0.25, 0.3) is 0 Å². The van der Waals surface area contributed by atoms with Crippen LogP contribution in [0.1, 0.15) is 17.5 Å². The summed E-state index contributed by atoms with van der Waals surface area (Å²) in [5.41, 5.74) is 2.35. The number of halogens is 3. The molecule has 30 heavy (non-hydrogen) atoms. The van der Waals surface area contributed by atoms with Gasteiger partial charge in [0.2, 0.25) is 0 Å². The minimum Gasteiger partial charge on any atom is -0.493 e. The van der Waals surface area contributed by atoms with Gasteiger partial charge in [-0.2, -0.15) is 0 Å². The van der Waals surface area contributed by atoms with Gasteiger partial charge >= 0.3 is 0 Å². The van der Waals surface area contributed by atoms with E-state index in [4.69, 9.17) is 14.2 Å². The van der Waals surface area contributed by atoms with Crippen molar-refractivity contribution in [2.75, 3.05) is 46.5 Å². The van der Waals surface area contributed by atoms with Crippen LogP contribution in [0.2, 0.25) is 0 Å². The van der Waals surface area contributed by atoms with Crippen LogP contribution in [0.3, 0.4) is 0 Å². The SMILES string of the molecule is COc1cc(CNCCCN2CCOCC2)cc(I)c1OCc1ccccc1.Cl.Cl.